The number of thiazole rings is 1. The summed E-state index contributed by atoms with van der Waals surface area (Å²) in [7, 11) is 1.84. The fourth-order valence-corrected chi connectivity index (χ4v) is 3.62. The van der Waals surface area contributed by atoms with E-state index in [1.54, 1.807) is 11.3 Å². The molecular formula is C15H26IN5S. The molecule has 1 aromatic heterocycles. The van der Waals surface area contributed by atoms with E-state index in [0.717, 1.165) is 36.5 Å². The molecular weight excluding hydrogens is 409 g/mol. The zero-order valence-corrected chi connectivity index (χ0v) is 16.5. The molecule has 0 bridgehead atoms. The van der Waals surface area contributed by atoms with Crippen molar-refractivity contribution in [2.24, 2.45) is 4.99 Å². The van der Waals surface area contributed by atoms with Gasteiger partial charge in [0.15, 0.2) is 5.96 Å². The van der Waals surface area contributed by atoms with Crippen molar-refractivity contribution in [1.29, 1.82) is 0 Å². The summed E-state index contributed by atoms with van der Waals surface area (Å²) in [6.45, 7) is 5.30. The third-order valence-corrected chi connectivity index (χ3v) is 5.35. The van der Waals surface area contributed by atoms with Crippen molar-refractivity contribution in [1.82, 2.24) is 20.5 Å². The Balaban J connectivity index is 0.00000176. The highest BCUT2D eigenvalue weighted by molar-refractivity contribution is 14.0. The van der Waals surface area contributed by atoms with Crippen LogP contribution in [0.25, 0.3) is 0 Å². The number of aliphatic imine (C=N–C) groups is 1. The summed E-state index contributed by atoms with van der Waals surface area (Å²) < 4.78 is 0. The molecule has 0 spiro atoms. The quantitative estimate of drug-likeness (QED) is 0.423. The summed E-state index contributed by atoms with van der Waals surface area (Å²) in [4.78, 5) is 12.7. The average Bonchev–Trinajstić information content (AvgIpc) is 3.08. The fraction of sp³-hybridized carbons (Fsp3) is 0.733. The van der Waals surface area contributed by atoms with E-state index in [4.69, 9.17) is 0 Å². The summed E-state index contributed by atoms with van der Waals surface area (Å²) in [5, 5.41) is 8.05. The van der Waals surface area contributed by atoms with E-state index in [1.165, 1.54) is 30.7 Å². The number of nitrogens with zero attached hydrogens (tertiary/aromatic N) is 3. The van der Waals surface area contributed by atoms with Gasteiger partial charge in [-0.05, 0) is 25.7 Å². The van der Waals surface area contributed by atoms with Crippen LogP contribution in [-0.4, -0.2) is 48.1 Å². The van der Waals surface area contributed by atoms with Crippen LogP contribution in [-0.2, 0) is 13.0 Å². The summed E-state index contributed by atoms with van der Waals surface area (Å²) in [5.74, 6) is 0.894. The molecule has 1 unspecified atom stereocenters. The first-order valence-electron chi connectivity index (χ1n) is 7.93. The van der Waals surface area contributed by atoms with Gasteiger partial charge in [-0.3, -0.25) is 9.89 Å². The van der Waals surface area contributed by atoms with Crippen LogP contribution in [0.3, 0.4) is 0 Å². The summed E-state index contributed by atoms with van der Waals surface area (Å²) >= 11 is 1.78. The van der Waals surface area contributed by atoms with Crippen molar-refractivity contribution < 1.29 is 0 Å². The first kappa shape index (κ1) is 17.9. The number of hydrogen-bond acceptors (Lipinski definition) is 4. The molecule has 5 nitrogen and oxygen atoms in total. The van der Waals surface area contributed by atoms with Crippen LogP contribution >= 0.6 is 35.3 Å². The second-order valence-corrected chi connectivity index (χ2v) is 7.06. The lowest BCUT2D eigenvalue weighted by Crippen LogP contribution is -2.44. The topological polar surface area (TPSA) is 52.6 Å². The lowest BCUT2D eigenvalue weighted by Gasteiger charge is -2.18. The van der Waals surface area contributed by atoms with E-state index < -0.39 is 0 Å². The van der Waals surface area contributed by atoms with Gasteiger partial charge in [-0.15, -0.1) is 35.3 Å². The number of guanidine groups is 1. The number of likely N-dealkylation sites (tertiary alicyclic amines) is 1. The fourth-order valence-electron chi connectivity index (χ4n) is 2.82. The molecule has 124 valence electrons. The van der Waals surface area contributed by atoms with E-state index >= 15 is 0 Å². The number of aromatic nitrogens is 1. The first-order valence-corrected chi connectivity index (χ1v) is 8.75. The van der Waals surface area contributed by atoms with Gasteiger partial charge < -0.3 is 10.6 Å². The second kappa shape index (κ2) is 8.44. The molecule has 2 N–H and O–H groups in total. The van der Waals surface area contributed by atoms with E-state index in [9.17, 15) is 0 Å². The van der Waals surface area contributed by atoms with Gasteiger partial charge in [-0.1, -0.05) is 6.92 Å². The first-order chi connectivity index (χ1) is 10.3. The Bertz CT molecular complexity index is 500. The number of rotatable bonds is 5. The number of aryl methyl sites for hydroxylation is 1. The standard InChI is InChI=1S/C15H25N5S.HI/c1-3-13-8-17-14(21-13)9-18-15(16-2)19-11-6-7-20(10-11)12-4-5-12;/h8,11-12H,3-7,9-10H2,1-2H3,(H2,16,18,19);1H. The van der Waals surface area contributed by atoms with E-state index in [-0.39, 0.29) is 24.0 Å². The van der Waals surface area contributed by atoms with Gasteiger partial charge in [0, 0.05) is 43.3 Å². The Morgan fingerprint density at radius 2 is 2.27 bits per heavy atom. The minimum Gasteiger partial charge on any atom is -0.352 e. The Morgan fingerprint density at radius 3 is 2.91 bits per heavy atom. The van der Waals surface area contributed by atoms with Gasteiger partial charge in [0.2, 0.25) is 0 Å². The lowest BCUT2D eigenvalue weighted by atomic mass is 10.3. The summed E-state index contributed by atoms with van der Waals surface area (Å²) in [6, 6.07) is 1.40. The molecule has 2 aliphatic rings. The highest BCUT2D eigenvalue weighted by Crippen LogP contribution is 2.29. The van der Waals surface area contributed by atoms with Crippen molar-refractivity contribution >= 4 is 41.3 Å². The highest BCUT2D eigenvalue weighted by Gasteiger charge is 2.34. The largest absolute Gasteiger partial charge is 0.352 e. The van der Waals surface area contributed by atoms with Gasteiger partial charge in [0.1, 0.15) is 5.01 Å². The maximum Gasteiger partial charge on any atom is 0.191 e. The van der Waals surface area contributed by atoms with Crippen molar-refractivity contribution in [2.75, 3.05) is 20.1 Å². The van der Waals surface area contributed by atoms with Crippen LogP contribution in [0.4, 0.5) is 0 Å². The number of halogens is 1. The molecule has 1 atom stereocenters. The third kappa shape index (κ3) is 4.79. The molecule has 2 fully saturated rings. The third-order valence-electron chi connectivity index (χ3n) is 4.20. The predicted molar refractivity (Wildman–Crippen MR) is 103 cm³/mol. The number of hydrogen-bond donors (Lipinski definition) is 2. The monoisotopic (exact) mass is 435 g/mol. The molecule has 7 heteroatoms. The van der Waals surface area contributed by atoms with Gasteiger partial charge in [-0.25, -0.2) is 4.98 Å². The smallest absolute Gasteiger partial charge is 0.191 e. The van der Waals surface area contributed by atoms with Crippen molar-refractivity contribution in [3.05, 3.63) is 16.1 Å². The number of nitrogens with one attached hydrogen (secondary N) is 2. The molecule has 0 amide bonds. The minimum absolute atomic E-state index is 0. The SMILES string of the molecule is CCc1cnc(CNC(=NC)NC2CCN(C3CC3)C2)s1.I. The normalized spacial score (nSPS) is 22.5. The Labute approximate surface area is 154 Å². The van der Waals surface area contributed by atoms with Crippen LogP contribution in [0, 0.1) is 0 Å². The lowest BCUT2D eigenvalue weighted by molar-refractivity contribution is 0.321. The zero-order chi connectivity index (χ0) is 14.7. The van der Waals surface area contributed by atoms with Gasteiger partial charge in [0.05, 0.1) is 6.54 Å². The minimum atomic E-state index is 0. The Morgan fingerprint density at radius 1 is 1.45 bits per heavy atom. The van der Waals surface area contributed by atoms with E-state index in [2.05, 4.69) is 32.4 Å². The molecule has 1 aliphatic carbocycles. The zero-order valence-electron chi connectivity index (χ0n) is 13.3. The van der Waals surface area contributed by atoms with Crippen molar-refractivity contribution in [2.45, 2.75) is 51.2 Å². The molecule has 22 heavy (non-hydrogen) atoms. The second-order valence-electron chi connectivity index (χ2n) is 5.86. The van der Waals surface area contributed by atoms with Crippen LogP contribution in [0.2, 0.25) is 0 Å². The summed E-state index contributed by atoms with van der Waals surface area (Å²) in [5.41, 5.74) is 0. The van der Waals surface area contributed by atoms with Gasteiger partial charge >= 0.3 is 0 Å². The van der Waals surface area contributed by atoms with E-state index in [0.29, 0.717) is 6.04 Å². The molecule has 0 radical (unpaired) electrons. The van der Waals surface area contributed by atoms with Crippen molar-refractivity contribution in [3.63, 3.8) is 0 Å². The van der Waals surface area contributed by atoms with Crippen LogP contribution in [0.1, 0.15) is 36.1 Å². The molecule has 2 heterocycles. The predicted octanol–water partition coefficient (Wildman–Crippen LogP) is 2.23. The van der Waals surface area contributed by atoms with Gasteiger partial charge in [0.25, 0.3) is 0 Å². The Hall–Kier alpha value is -0.410. The average molecular weight is 435 g/mol. The van der Waals surface area contributed by atoms with E-state index in [1.807, 2.05) is 13.2 Å². The van der Waals surface area contributed by atoms with Crippen molar-refractivity contribution in [3.8, 4) is 0 Å². The van der Waals surface area contributed by atoms with Crippen LogP contribution in [0.5, 0.6) is 0 Å². The Kier molecular flexibility index (Phi) is 6.88. The highest BCUT2D eigenvalue weighted by atomic mass is 127. The van der Waals surface area contributed by atoms with Crippen LogP contribution in [0.15, 0.2) is 11.2 Å². The van der Waals surface area contributed by atoms with Gasteiger partial charge in [-0.2, -0.15) is 0 Å². The maximum absolute atomic E-state index is 4.43. The molecule has 1 saturated carbocycles. The van der Waals surface area contributed by atoms with Crippen LogP contribution < -0.4 is 10.6 Å². The molecule has 1 aliphatic heterocycles. The maximum atomic E-state index is 4.43. The summed E-state index contributed by atoms with van der Waals surface area (Å²) in [6.07, 6.45) is 7.04. The molecule has 3 rings (SSSR count). The molecule has 0 aromatic carbocycles. The molecule has 1 saturated heterocycles. The molecule has 1 aromatic rings.